The highest BCUT2D eigenvalue weighted by molar-refractivity contribution is 8.18. The molecule has 5 rings (SSSR count). The second kappa shape index (κ2) is 9.30. The number of nitrogens with zero attached hydrogens (tertiary/aromatic N) is 5. The first kappa shape index (κ1) is 23.9. The van der Waals surface area contributed by atoms with Crippen molar-refractivity contribution in [3.63, 3.8) is 0 Å². The number of rotatable bonds is 3. The fraction of sp³-hybridized carbons (Fsp3) is 0.261. The van der Waals surface area contributed by atoms with E-state index >= 15 is 0 Å². The number of hydrogen-bond donors (Lipinski definition) is 1. The lowest BCUT2D eigenvalue weighted by atomic mass is 10.1. The molecule has 0 saturated carbocycles. The summed E-state index contributed by atoms with van der Waals surface area (Å²) in [7, 11) is 0. The van der Waals surface area contributed by atoms with Crippen molar-refractivity contribution in [1.82, 2.24) is 19.7 Å². The Morgan fingerprint density at radius 2 is 1.89 bits per heavy atom. The first-order valence-electron chi connectivity index (χ1n) is 10.8. The number of alkyl halides is 3. The van der Waals surface area contributed by atoms with Crippen molar-refractivity contribution in [2.24, 2.45) is 10.8 Å². The van der Waals surface area contributed by atoms with E-state index in [2.05, 4.69) is 10.1 Å². The van der Waals surface area contributed by atoms with E-state index in [0.29, 0.717) is 41.8 Å². The largest absolute Gasteiger partial charge is 0.416 e. The maximum atomic E-state index is 13.5. The van der Waals surface area contributed by atoms with Gasteiger partial charge in [0.25, 0.3) is 5.91 Å². The van der Waals surface area contributed by atoms with Gasteiger partial charge in [-0.3, -0.25) is 15.3 Å². The maximum Gasteiger partial charge on any atom is 0.416 e. The van der Waals surface area contributed by atoms with Crippen LogP contribution in [0.25, 0.3) is 17.0 Å². The number of fused-ring (bicyclic) bond motifs is 1. The third-order valence-corrected chi connectivity index (χ3v) is 7.13. The molecule has 3 heterocycles. The molecule has 2 N–H and O–H groups in total. The molecule has 1 amide bonds. The van der Waals surface area contributed by atoms with Gasteiger partial charge in [0.15, 0.2) is 5.17 Å². The molecule has 35 heavy (non-hydrogen) atoms. The van der Waals surface area contributed by atoms with Gasteiger partial charge in [0.2, 0.25) is 0 Å². The van der Waals surface area contributed by atoms with Crippen LogP contribution >= 0.6 is 23.4 Å². The molecule has 1 saturated heterocycles. The van der Waals surface area contributed by atoms with Gasteiger partial charge in [-0.2, -0.15) is 23.3 Å². The number of nitrogens with two attached hydrogens (primary N) is 1. The van der Waals surface area contributed by atoms with Crippen molar-refractivity contribution < 1.29 is 18.0 Å². The number of benzene rings is 2. The molecule has 2 aliphatic heterocycles. The standard InChI is InChI=1S/C23H20ClF3N6OS/c24-17-3-2-15(18(11-17)23(25,26)27)13-33-19-4-1-14(9-16(19)12-29-33)10-20-21(34)30-22(35-20)31-5-7-32(28)8-6-31/h1-4,9-12H,5-8,13,28H2. The van der Waals surface area contributed by atoms with Crippen LogP contribution in [0.1, 0.15) is 16.7 Å². The molecule has 12 heteroatoms. The lowest BCUT2D eigenvalue weighted by molar-refractivity contribution is -0.138. The molecule has 182 valence electrons. The molecule has 0 aliphatic carbocycles. The number of amidine groups is 1. The molecule has 0 spiro atoms. The van der Waals surface area contributed by atoms with Crippen molar-refractivity contribution in [2.45, 2.75) is 12.7 Å². The van der Waals surface area contributed by atoms with Crippen LogP contribution in [0.4, 0.5) is 13.2 Å². The van der Waals surface area contributed by atoms with E-state index in [9.17, 15) is 18.0 Å². The molecule has 0 bridgehead atoms. The van der Waals surface area contributed by atoms with Gasteiger partial charge in [-0.05, 0) is 53.2 Å². The number of piperazine rings is 1. The SMILES string of the molecule is NN1CCN(C2=NC(=O)C(=Cc3ccc4c(cnn4Cc4ccc(Cl)cc4C(F)(F)F)c3)S2)CC1. The average Bonchev–Trinajstić information content (AvgIpc) is 3.38. The highest BCUT2D eigenvalue weighted by Gasteiger charge is 2.33. The molecule has 0 atom stereocenters. The van der Waals surface area contributed by atoms with E-state index < -0.39 is 11.7 Å². The average molecular weight is 521 g/mol. The first-order valence-corrected chi connectivity index (χ1v) is 12.0. The van der Waals surface area contributed by atoms with E-state index in [1.54, 1.807) is 29.4 Å². The fourth-order valence-corrected chi connectivity index (χ4v) is 5.17. The molecular weight excluding hydrogens is 501 g/mol. The first-order chi connectivity index (χ1) is 16.7. The van der Waals surface area contributed by atoms with Gasteiger partial charge in [-0.15, -0.1) is 0 Å². The highest BCUT2D eigenvalue weighted by Crippen LogP contribution is 2.35. The van der Waals surface area contributed by atoms with Gasteiger partial charge in [-0.1, -0.05) is 23.7 Å². The number of carbonyl (C=O) groups excluding carboxylic acids is 1. The Morgan fingerprint density at radius 1 is 1.11 bits per heavy atom. The normalized spacial score (nSPS) is 18.7. The summed E-state index contributed by atoms with van der Waals surface area (Å²) >= 11 is 7.11. The van der Waals surface area contributed by atoms with Crippen LogP contribution < -0.4 is 5.84 Å². The van der Waals surface area contributed by atoms with Crippen LogP contribution in [0, 0.1) is 0 Å². The van der Waals surface area contributed by atoms with Crippen LogP contribution in [0.3, 0.4) is 0 Å². The Balaban J connectivity index is 1.36. The van der Waals surface area contributed by atoms with Crippen LogP contribution in [-0.2, 0) is 17.5 Å². The number of halogens is 4. The molecule has 0 unspecified atom stereocenters. The van der Waals surface area contributed by atoms with Crippen molar-refractivity contribution in [3.05, 3.63) is 69.2 Å². The third-order valence-electron chi connectivity index (χ3n) is 5.86. The molecule has 2 aliphatic rings. The van der Waals surface area contributed by atoms with E-state index in [-0.39, 0.29) is 23.0 Å². The molecule has 0 radical (unpaired) electrons. The second-order valence-electron chi connectivity index (χ2n) is 8.25. The molecule has 1 aromatic heterocycles. The molecule has 2 aromatic carbocycles. The lowest BCUT2D eigenvalue weighted by Gasteiger charge is -2.32. The molecule has 3 aromatic rings. The molecule has 7 nitrogen and oxygen atoms in total. The van der Waals surface area contributed by atoms with Crippen molar-refractivity contribution in [3.8, 4) is 0 Å². The monoisotopic (exact) mass is 520 g/mol. The lowest BCUT2D eigenvalue weighted by Crippen LogP contribution is -2.50. The number of hydrogen-bond acceptors (Lipinski definition) is 6. The fourth-order valence-electron chi connectivity index (χ4n) is 4.03. The van der Waals surface area contributed by atoms with Crippen LogP contribution in [-0.4, -0.2) is 56.9 Å². The van der Waals surface area contributed by atoms with Gasteiger partial charge in [0.1, 0.15) is 0 Å². The maximum absolute atomic E-state index is 13.5. The van der Waals surface area contributed by atoms with Crippen molar-refractivity contribution in [2.75, 3.05) is 26.2 Å². The summed E-state index contributed by atoms with van der Waals surface area (Å²) in [4.78, 5) is 19.2. The van der Waals surface area contributed by atoms with E-state index in [1.807, 2.05) is 11.0 Å². The Labute approximate surface area is 208 Å². The van der Waals surface area contributed by atoms with Crippen molar-refractivity contribution >= 4 is 51.4 Å². The Bertz CT molecular complexity index is 1360. The zero-order valence-electron chi connectivity index (χ0n) is 18.3. The van der Waals surface area contributed by atoms with E-state index in [4.69, 9.17) is 17.4 Å². The zero-order chi connectivity index (χ0) is 24.7. The Morgan fingerprint density at radius 3 is 2.63 bits per heavy atom. The summed E-state index contributed by atoms with van der Waals surface area (Å²) < 4.78 is 41.9. The van der Waals surface area contributed by atoms with Crippen LogP contribution in [0.15, 0.2) is 52.5 Å². The van der Waals surface area contributed by atoms with Crippen LogP contribution in [0.5, 0.6) is 0 Å². The summed E-state index contributed by atoms with van der Waals surface area (Å²) in [6.07, 6.45) is -1.16. The number of aromatic nitrogens is 2. The Kier molecular flexibility index (Phi) is 6.34. The zero-order valence-corrected chi connectivity index (χ0v) is 19.9. The Hall–Kier alpha value is -2.86. The summed E-state index contributed by atoms with van der Waals surface area (Å²) in [5, 5.41) is 7.47. The molecule has 1 fully saturated rings. The second-order valence-corrected chi connectivity index (χ2v) is 9.70. The number of aliphatic imine (C=N–C) groups is 1. The van der Waals surface area contributed by atoms with Gasteiger partial charge in [0, 0.05) is 36.6 Å². The van der Waals surface area contributed by atoms with Crippen molar-refractivity contribution in [1.29, 1.82) is 0 Å². The highest BCUT2D eigenvalue weighted by atomic mass is 35.5. The minimum Gasteiger partial charge on any atom is -0.348 e. The predicted octanol–water partition coefficient (Wildman–Crippen LogP) is 4.22. The van der Waals surface area contributed by atoms with Gasteiger partial charge in [-0.25, -0.2) is 5.01 Å². The van der Waals surface area contributed by atoms with E-state index in [0.717, 1.165) is 17.0 Å². The minimum absolute atomic E-state index is 0.0252. The number of thioether (sulfide) groups is 1. The van der Waals surface area contributed by atoms with E-state index in [1.165, 1.54) is 28.6 Å². The van der Waals surface area contributed by atoms with Crippen LogP contribution in [0.2, 0.25) is 5.02 Å². The minimum atomic E-state index is -4.52. The number of amides is 1. The topological polar surface area (TPSA) is 79.8 Å². The quantitative estimate of drug-likeness (QED) is 0.411. The number of carbonyl (C=O) groups is 1. The summed E-state index contributed by atoms with van der Waals surface area (Å²) in [6.45, 7) is 2.76. The number of hydrazine groups is 1. The summed E-state index contributed by atoms with van der Waals surface area (Å²) in [5.74, 6) is 5.50. The summed E-state index contributed by atoms with van der Waals surface area (Å²) in [5.41, 5.74) is 0.748. The smallest absolute Gasteiger partial charge is 0.348 e. The van der Waals surface area contributed by atoms with Gasteiger partial charge in [0.05, 0.1) is 28.7 Å². The summed E-state index contributed by atoms with van der Waals surface area (Å²) in [6, 6.07) is 9.16. The van der Waals surface area contributed by atoms with Gasteiger partial charge < -0.3 is 4.90 Å². The van der Waals surface area contributed by atoms with Gasteiger partial charge >= 0.3 is 6.18 Å². The third kappa shape index (κ3) is 5.08. The predicted molar refractivity (Wildman–Crippen MR) is 131 cm³/mol. The molecular formula is C23H20ClF3N6OS.